The van der Waals surface area contributed by atoms with Gasteiger partial charge in [-0.05, 0) is 36.9 Å². The molecule has 1 heterocycles. The molecule has 1 N–H and O–H groups in total. The standard InChI is InChI=1S/C15H20BrN3S/c1-3-17-14(10-13-8-9-19(2)18-13)11-20-15-6-4-12(16)5-7-15/h4-9,14,17H,3,10-11H2,1-2H3. The average Bonchev–Trinajstić information content (AvgIpc) is 2.83. The molecular weight excluding hydrogens is 334 g/mol. The molecule has 0 amide bonds. The number of thioether (sulfide) groups is 1. The molecule has 2 rings (SSSR count). The number of hydrogen-bond acceptors (Lipinski definition) is 3. The Labute approximate surface area is 133 Å². The van der Waals surface area contributed by atoms with E-state index in [1.165, 1.54) is 4.90 Å². The minimum Gasteiger partial charge on any atom is -0.313 e. The van der Waals surface area contributed by atoms with Crippen molar-refractivity contribution >= 4 is 27.7 Å². The van der Waals surface area contributed by atoms with Crippen LogP contribution in [0.5, 0.6) is 0 Å². The van der Waals surface area contributed by atoms with Crippen LogP contribution in [0.1, 0.15) is 12.6 Å². The number of hydrogen-bond donors (Lipinski definition) is 1. The van der Waals surface area contributed by atoms with Crippen molar-refractivity contribution in [3.8, 4) is 0 Å². The number of nitrogens with zero attached hydrogens (tertiary/aromatic N) is 2. The second-order valence-electron chi connectivity index (χ2n) is 4.70. The highest BCUT2D eigenvalue weighted by Gasteiger charge is 2.11. The van der Waals surface area contributed by atoms with E-state index >= 15 is 0 Å². The van der Waals surface area contributed by atoms with Crippen LogP contribution in [0.3, 0.4) is 0 Å². The molecule has 0 aliphatic rings. The number of benzene rings is 1. The topological polar surface area (TPSA) is 29.9 Å². The monoisotopic (exact) mass is 353 g/mol. The third kappa shape index (κ3) is 4.96. The summed E-state index contributed by atoms with van der Waals surface area (Å²) in [6.07, 6.45) is 2.97. The van der Waals surface area contributed by atoms with Gasteiger partial charge >= 0.3 is 0 Å². The van der Waals surface area contributed by atoms with Gasteiger partial charge in [-0.25, -0.2) is 0 Å². The van der Waals surface area contributed by atoms with Crippen molar-refractivity contribution in [3.05, 3.63) is 46.7 Å². The molecule has 108 valence electrons. The zero-order chi connectivity index (χ0) is 14.4. The minimum absolute atomic E-state index is 0.448. The first-order valence-corrected chi connectivity index (χ1v) is 8.55. The first kappa shape index (κ1) is 15.6. The van der Waals surface area contributed by atoms with Crippen LogP contribution in [-0.4, -0.2) is 28.1 Å². The van der Waals surface area contributed by atoms with Gasteiger partial charge in [-0.2, -0.15) is 5.10 Å². The SMILES string of the molecule is CCNC(CSc1ccc(Br)cc1)Cc1ccn(C)n1. The zero-order valence-corrected chi connectivity index (χ0v) is 14.2. The van der Waals surface area contributed by atoms with Gasteiger partial charge in [-0.1, -0.05) is 22.9 Å². The molecule has 0 aliphatic heterocycles. The Morgan fingerprint density at radius 2 is 2.05 bits per heavy atom. The molecule has 1 aromatic heterocycles. The summed E-state index contributed by atoms with van der Waals surface area (Å²) in [4.78, 5) is 1.30. The van der Waals surface area contributed by atoms with Crippen LogP contribution in [0.4, 0.5) is 0 Å². The predicted molar refractivity (Wildman–Crippen MR) is 89.2 cm³/mol. The summed E-state index contributed by atoms with van der Waals surface area (Å²) in [7, 11) is 1.96. The molecule has 5 heteroatoms. The smallest absolute Gasteiger partial charge is 0.0640 e. The summed E-state index contributed by atoms with van der Waals surface area (Å²) in [6.45, 7) is 3.13. The van der Waals surface area contributed by atoms with Crippen LogP contribution >= 0.6 is 27.7 Å². The number of likely N-dealkylation sites (N-methyl/N-ethyl adjacent to an activating group) is 1. The number of aromatic nitrogens is 2. The molecule has 0 spiro atoms. The van der Waals surface area contributed by atoms with E-state index in [-0.39, 0.29) is 0 Å². The van der Waals surface area contributed by atoms with E-state index in [9.17, 15) is 0 Å². The van der Waals surface area contributed by atoms with Crippen LogP contribution in [0.2, 0.25) is 0 Å². The fourth-order valence-electron chi connectivity index (χ4n) is 2.03. The van der Waals surface area contributed by atoms with Gasteiger partial charge in [0.1, 0.15) is 0 Å². The molecule has 0 aliphatic carbocycles. The molecule has 3 nitrogen and oxygen atoms in total. The molecule has 0 saturated carbocycles. The minimum atomic E-state index is 0.448. The van der Waals surface area contributed by atoms with E-state index in [0.717, 1.165) is 28.9 Å². The van der Waals surface area contributed by atoms with E-state index < -0.39 is 0 Å². The lowest BCUT2D eigenvalue weighted by molar-refractivity contribution is 0.561. The van der Waals surface area contributed by atoms with Crippen molar-refractivity contribution in [1.29, 1.82) is 0 Å². The van der Waals surface area contributed by atoms with Crippen molar-refractivity contribution in [1.82, 2.24) is 15.1 Å². The summed E-state index contributed by atoms with van der Waals surface area (Å²) in [6, 6.07) is 11.0. The van der Waals surface area contributed by atoms with E-state index in [1.807, 2.05) is 29.7 Å². The van der Waals surface area contributed by atoms with Crippen LogP contribution < -0.4 is 5.32 Å². The molecule has 0 saturated heterocycles. The van der Waals surface area contributed by atoms with E-state index in [4.69, 9.17) is 0 Å². The summed E-state index contributed by atoms with van der Waals surface area (Å²) in [5.41, 5.74) is 1.15. The second-order valence-corrected chi connectivity index (χ2v) is 6.71. The summed E-state index contributed by atoms with van der Waals surface area (Å²) in [5.74, 6) is 1.05. The van der Waals surface area contributed by atoms with Crippen molar-refractivity contribution in [3.63, 3.8) is 0 Å². The third-order valence-corrected chi connectivity index (χ3v) is 4.69. The van der Waals surface area contributed by atoms with Gasteiger partial charge in [0, 0.05) is 40.8 Å². The van der Waals surface area contributed by atoms with Crippen molar-refractivity contribution in [2.45, 2.75) is 24.3 Å². The molecule has 1 atom stereocenters. The number of nitrogens with one attached hydrogen (secondary N) is 1. The number of rotatable bonds is 7. The van der Waals surface area contributed by atoms with Crippen molar-refractivity contribution in [2.75, 3.05) is 12.3 Å². The Bertz CT molecular complexity index is 524. The maximum absolute atomic E-state index is 4.46. The second kappa shape index (κ2) is 7.86. The van der Waals surface area contributed by atoms with Gasteiger partial charge in [0.25, 0.3) is 0 Å². The summed E-state index contributed by atoms with van der Waals surface area (Å²) >= 11 is 5.35. The lowest BCUT2D eigenvalue weighted by atomic mass is 10.2. The maximum Gasteiger partial charge on any atom is 0.0640 e. The van der Waals surface area contributed by atoms with Crippen LogP contribution in [0, 0.1) is 0 Å². The first-order chi connectivity index (χ1) is 9.67. The highest BCUT2D eigenvalue weighted by Crippen LogP contribution is 2.22. The molecule has 2 aromatic rings. The summed E-state index contributed by atoms with van der Waals surface area (Å²) in [5, 5.41) is 8.00. The molecule has 0 bridgehead atoms. The van der Waals surface area contributed by atoms with Crippen LogP contribution in [0.15, 0.2) is 45.9 Å². The van der Waals surface area contributed by atoms with Gasteiger partial charge in [0.05, 0.1) is 5.69 Å². The van der Waals surface area contributed by atoms with Crippen LogP contribution in [0.25, 0.3) is 0 Å². The molecule has 1 aromatic carbocycles. The first-order valence-electron chi connectivity index (χ1n) is 6.77. The highest BCUT2D eigenvalue weighted by molar-refractivity contribution is 9.10. The highest BCUT2D eigenvalue weighted by atomic mass is 79.9. The summed E-state index contributed by atoms with van der Waals surface area (Å²) < 4.78 is 2.98. The Morgan fingerprint density at radius 3 is 2.65 bits per heavy atom. The lowest BCUT2D eigenvalue weighted by Gasteiger charge is -2.16. The van der Waals surface area contributed by atoms with Gasteiger partial charge in [-0.15, -0.1) is 11.8 Å². The quantitative estimate of drug-likeness (QED) is 0.772. The average molecular weight is 354 g/mol. The van der Waals surface area contributed by atoms with E-state index in [1.54, 1.807) is 0 Å². The third-order valence-electron chi connectivity index (χ3n) is 2.98. The molecule has 0 radical (unpaired) electrons. The Kier molecular flexibility index (Phi) is 6.13. The number of aryl methyl sites for hydroxylation is 1. The van der Waals surface area contributed by atoms with Gasteiger partial charge in [0.2, 0.25) is 0 Å². The lowest BCUT2D eigenvalue weighted by Crippen LogP contribution is -2.33. The normalized spacial score (nSPS) is 12.6. The van der Waals surface area contributed by atoms with Crippen molar-refractivity contribution < 1.29 is 0 Å². The van der Waals surface area contributed by atoms with Gasteiger partial charge in [0.15, 0.2) is 0 Å². The fourth-order valence-corrected chi connectivity index (χ4v) is 3.25. The fraction of sp³-hybridized carbons (Fsp3) is 0.400. The number of halogens is 1. The Hall–Kier alpha value is -0.780. The van der Waals surface area contributed by atoms with E-state index in [0.29, 0.717) is 6.04 Å². The molecule has 0 fully saturated rings. The van der Waals surface area contributed by atoms with E-state index in [2.05, 4.69) is 63.6 Å². The molecule has 20 heavy (non-hydrogen) atoms. The predicted octanol–water partition coefficient (Wildman–Crippen LogP) is 3.50. The maximum atomic E-state index is 4.46. The van der Waals surface area contributed by atoms with Crippen LogP contribution in [-0.2, 0) is 13.5 Å². The molecule has 1 unspecified atom stereocenters. The zero-order valence-electron chi connectivity index (χ0n) is 11.8. The largest absolute Gasteiger partial charge is 0.313 e. The van der Waals surface area contributed by atoms with Crippen molar-refractivity contribution in [2.24, 2.45) is 7.05 Å². The van der Waals surface area contributed by atoms with Gasteiger partial charge in [-0.3, -0.25) is 4.68 Å². The van der Waals surface area contributed by atoms with Gasteiger partial charge < -0.3 is 5.32 Å². The molecular formula is C15H20BrN3S. The Morgan fingerprint density at radius 1 is 1.30 bits per heavy atom. The Balaban J connectivity index is 1.90.